The van der Waals surface area contributed by atoms with E-state index in [4.69, 9.17) is 23.7 Å². The third-order valence-corrected chi connectivity index (χ3v) is 4.12. The van der Waals surface area contributed by atoms with Crippen molar-refractivity contribution in [3.8, 4) is 11.5 Å². The van der Waals surface area contributed by atoms with E-state index in [1.165, 1.54) is 33.1 Å². The summed E-state index contributed by atoms with van der Waals surface area (Å²) in [5, 5.41) is 2.96. The first kappa shape index (κ1) is 26.9. The standard InChI is InChI=1S/C22H31NO9/c1-5-6-7-11-29-22(27)30-12-10-23-18(21(26)28-4)13-17-8-9-19(31-15(2)24)20(14-17)32-16(3)25/h8-9,14,18,23H,5-7,10-13H2,1-4H3/t18-/m0/s1. The third-order valence-electron chi connectivity index (χ3n) is 4.12. The van der Waals surface area contributed by atoms with Gasteiger partial charge in [0.05, 0.1) is 13.7 Å². The first-order valence-corrected chi connectivity index (χ1v) is 10.4. The molecule has 178 valence electrons. The van der Waals surface area contributed by atoms with Crippen molar-refractivity contribution in [1.29, 1.82) is 0 Å². The maximum Gasteiger partial charge on any atom is 0.508 e. The van der Waals surface area contributed by atoms with Crippen molar-refractivity contribution in [3.63, 3.8) is 0 Å². The number of esters is 3. The van der Waals surface area contributed by atoms with Crippen molar-refractivity contribution in [1.82, 2.24) is 5.32 Å². The molecule has 1 aromatic rings. The van der Waals surface area contributed by atoms with Crippen LogP contribution < -0.4 is 14.8 Å². The number of hydrogen-bond acceptors (Lipinski definition) is 10. The lowest BCUT2D eigenvalue weighted by molar-refractivity contribution is -0.143. The van der Waals surface area contributed by atoms with Gasteiger partial charge in [0.2, 0.25) is 0 Å². The Balaban J connectivity index is 2.69. The van der Waals surface area contributed by atoms with Crippen LogP contribution in [0, 0.1) is 0 Å². The van der Waals surface area contributed by atoms with E-state index in [9.17, 15) is 19.2 Å². The Kier molecular flexibility index (Phi) is 12.4. The van der Waals surface area contributed by atoms with Crippen molar-refractivity contribution in [2.24, 2.45) is 0 Å². The Bertz CT molecular complexity index is 779. The minimum Gasteiger partial charge on any atom is -0.468 e. The first-order valence-electron chi connectivity index (χ1n) is 10.4. The van der Waals surface area contributed by atoms with Gasteiger partial charge in [-0.3, -0.25) is 14.4 Å². The number of nitrogens with one attached hydrogen (secondary N) is 1. The van der Waals surface area contributed by atoms with Crippen LogP contribution >= 0.6 is 0 Å². The van der Waals surface area contributed by atoms with Gasteiger partial charge in [-0.15, -0.1) is 0 Å². The zero-order valence-corrected chi connectivity index (χ0v) is 18.9. The molecule has 0 fully saturated rings. The number of carbonyl (C=O) groups excluding carboxylic acids is 4. The second-order valence-corrected chi connectivity index (χ2v) is 6.86. The SMILES string of the molecule is CCCCCOC(=O)OCCN[C@@H](Cc1ccc(OC(C)=O)c(OC(C)=O)c1)C(=O)OC. The van der Waals surface area contributed by atoms with Crippen LogP contribution in [0.25, 0.3) is 0 Å². The van der Waals surface area contributed by atoms with E-state index in [1.807, 2.05) is 6.92 Å². The summed E-state index contributed by atoms with van der Waals surface area (Å²) in [7, 11) is 1.26. The summed E-state index contributed by atoms with van der Waals surface area (Å²) in [6.07, 6.45) is 2.19. The maximum absolute atomic E-state index is 12.2. The minimum atomic E-state index is -0.760. The molecule has 0 aliphatic heterocycles. The van der Waals surface area contributed by atoms with Gasteiger partial charge in [0.15, 0.2) is 11.5 Å². The summed E-state index contributed by atoms with van der Waals surface area (Å²) in [5.74, 6) is -1.53. The van der Waals surface area contributed by atoms with Crippen LogP contribution in [0.4, 0.5) is 4.79 Å². The number of methoxy groups -OCH3 is 1. The molecule has 10 nitrogen and oxygen atoms in total. The van der Waals surface area contributed by atoms with Crippen LogP contribution in [-0.2, 0) is 35.0 Å². The normalized spacial score (nSPS) is 11.2. The van der Waals surface area contributed by atoms with Gasteiger partial charge in [0, 0.05) is 20.4 Å². The summed E-state index contributed by atoms with van der Waals surface area (Å²) in [6.45, 7) is 4.99. The highest BCUT2D eigenvalue weighted by molar-refractivity contribution is 5.76. The fraction of sp³-hybridized carbons (Fsp3) is 0.545. The Morgan fingerprint density at radius 2 is 1.59 bits per heavy atom. The number of carbonyl (C=O) groups is 4. The second-order valence-electron chi connectivity index (χ2n) is 6.86. The number of benzene rings is 1. The van der Waals surface area contributed by atoms with Crippen LogP contribution in [0.15, 0.2) is 18.2 Å². The first-order chi connectivity index (χ1) is 15.3. The van der Waals surface area contributed by atoms with Gasteiger partial charge in [-0.25, -0.2) is 4.79 Å². The molecule has 0 heterocycles. The third kappa shape index (κ3) is 10.8. The van der Waals surface area contributed by atoms with Crippen LogP contribution in [0.2, 0.25) is 0 Å². The lowest BCUT2D eigenvalue weighted by Gasteiger charge is -2.17. The molecule has 0 spiro atoms. The predicted octanol–water partition coefficient (Wildman–Crippen LogP) is 2.55. The average molecular weight is 453 g/mol. The molecule has 0 radical (unpaired) electrons. The van der Waals surface area contributed by atoms with Crippen molar-refractivity contribution in [2.45, 2.75) is 52.5 Å². The summed E-state index contributed by atoms with van der Waals surface area (Å²) < 4.78 is 24.9. The summed E-state index contributed by atoms with van der Waals surface area (Å²) >= 11 is 0. The summed E-state index contributed by atoms with van der Waals surface area (Å²) in [6, 6.07) is 3.85. The van der Waals surface area contributed by atoms with Crippen LogP contribution in [0.3, 0.4) is 0 Å². The van der Waals surface area contributed by atoms with E-state index in [1.54, 1.807) is 6.07 Å². The molecule has 1 N–H and O–H groups in total. The molecule has 0 saturated carbocycles. The number of rotatable bonds is 13. The minimum absolute atomic E-state index is 0.00416. The Labute approximate surface area is 187 Å². The summed E-state index contributed by atoms with van der Waals surface area (Å²) in [5.41, 5.74) is 0.622. The Morgan fingerprint density at radius 1 is 0.938 bits per heavy atom. The van der Waals surface area contributed by atoms with Gasteiger partial charge in [0.25, 0.3) is 0 Å². The molecule has 0 aromatic heterocycles. The van der Waals surface area contributed by atoms with E-state index in [0.29, 0.717) is 12.2 Å². The average Bonchev–Trinajstić information content (AvgIpc) is 2.73. The van der Waals surface area contributed by atoms with Crippen LogP contribution in [-0.4, -0.2) is 57.0 Å². The highest BCUT2D eigenvalue weighted by atomic mass is 16.7. The van der Waals surface area contributed by atoms with E-state index >= 15 is 0 Å². The van der Waals surface area contributed by atoms with E-state index in [-0.39, 0.29) is 31.1 Å². The van der Waals surface area contributed by atoms with Gasteiger partial charge in [-0.1, -0.05) is 25.8 Å². The van der Waals surface area contributed by atoms with Gasteiger partial charge in [0.1, 0.15) is 12.6 Å². The van der Waals surface area contributed by atoms with E-state index in [0.717, 1.165) is 19.3 Å². The molecule has 1 aromatic carbocycles. The fourth-order valence-corrected chi connectivity index (χ4v) is 2.69. The quantitative estimate of drug-likeness (QED) is 0.270. The molecular weight excluding hydrogens is 422 g/mol. The number of ether oxygens (including phenoxy) is 5. The lowest BCUT2D eigenvalue weighted by atomic mass is 10.1. The van der Waals surface area contributed by atoms with Crippen molar-refractivity contribution >= 4 is 24.1 Å². The number of unbranched alkanes of at least 4 members (excludes halogenated alkanes) is 2. The molecule has 1 atom stereocenters. The Hall–Kier alpha value is -3.14. The van der Waals surface area contributed by atoms with Gasteiger partial charge in [-0.2, -0.15) is 0 Å². The zero-order valence-electron chi connectivity index (χ0n) is 18.9. The summed E-state index contributed by atoms with van der Waals surface area (Å²) in [4.78, 5) is 46.3. The topological polar surface area (TPSA) is 126 Å². The Morgan fingerprint density at radius 3 is 2.22 bits per heavy atom. The molecular formula is C22H31NO9. The monoisotopic (exact) mass is 453 g/mol. The van der Waals surface area contributed by atoms with Gasteiger partial charge < -0.3 is 29.0 Å². The largest absolute Gasteiger partial charge is 0.508 e. The second kappa shape index (κ2) is 14.8. The van der Waals surface area contributed by atoms with Crippen LogP contribution in [0.5, 0.6) is 11.5 Å². The van der Waals surface area contributed by atoms with Crippen molar-refractivity contribution < 1.29 is 42.9 Å². The van der Waals surface area contributed by atoms with E-state index in [2.05, 4.69) is 5.32 Å². The molecule has 0 bridgehead atoms. The van der Waals surface area contributed by atoms with Crippen molar-refractivity contribution in [2.75, 3.05) is 26.9 Å². The smallest absolute Gasteiger partial charge is 0.468 e. The van der Waals surface area contributed by atoms with Crippen LogP contribution in [0.1, 0.15) is 45.6 Å². The predicted molar refractivity (Wildman–Crippen MR) is 113 cm³/mol. The molecule has 0 amide bonds. The molecule has 10 heteroatoms. The maximum atomic E-state index is 12.2. The highest BCUT2D eigenvalue weighted by Crippen LogP contribution is 2.29. The zero-order chi connectivity index (χ0) is 23.9. The highest BCUT2D eigenvalue weighted by Gasteiger charge is 2.21. The van der Waals surface area contributed by atoms with Crippen molar-refractivity contribution in [3.05, 3.63) is 23.8 Å². The molecule has 0 unspecified atom stereocenters. The molecule has 0 aliphatic carbocycles. The van der Waals surface area contributed by atoms with E-state index < -0.39 is 30.1 Å². The molecule has 0 saturated heterocycles. The van der Waals surface area contributed by atoms with Gasteiger partial charge in [-0.05, 0) is 30.5 Å². The molecule has 32 heavy (non-hydrogen) atoms. The molecule has 1 rings (SSSR count). The lowest BCUT2D eigenvalue weighted by Crippen LogP contribution is -2.41. The van der Waals surface area contributed by atoms with Gasteiger partial charge >= 0.3 is 24.1 Å². The number of hydrogen-bond donors (Lipinski definition) is 1. The fourth-order valence-electron chi connectivity index (χ4n) is 2.69. The molecule has 0 aliphatic rings.